The van der Waals surface area contributed by atoms with Crippen LogP contribution in [0.5, 0.6) is 5.75 Å². The lowest BCUT2D eigenvalue weighted by molar-refractivity contribution is -0.150. The molecule has 0 bridgehead atoms. The third-order valence-corrected chi connectivity index (χ3v) is 7.31. The van der Waals surface area contributed by atoms with Gasteiger partial charge in [-0.25, -0.2) is 4.79 Å². The minimum atomic E-state index is -0.717. The van der Waals surface area contributed by atoms with Gasteiger partial charge in [0.2, 0.25) is 0 Å². The molecule has 1 aliphatic carbocycles. The molecule has 202 valence electrons. The number of morpholine rings is 1. The van der Waals surface area contributed by atoms with Crippen molar-refractivity contribution in [3.8, 4) is 5.75 Å². The SMILES string of the molecule is COCCCOc1cc(CN(C(=O)[C@H]2CN(C(=O)OC(C)(C)C)CCO2)C2CC2)c(Br)c2ccccc12. The predicted octanol–water partition coefficient (Wildman–Crippen LogP) is 5.14. The fraction of sp³-hybridized carbons (Fsp3) is 0.571. The van der Waals surface area contributed by atoms with Gasteiger partial charge in [-0.2, -0.15) is 0 Å². The van der Waals surface area contributed by atoms with Crippen LogP contribution in [0.3, 0.4) is 0 Å². The lowest BCUT2D eigenvalue weighted by Gasteiger charge is -2.36. The van der Waals surface area contributed by atoms with Crippen molar-refractivity contribution in [3.05, 3.63) is 40.4 Å². The average Bonchev–Trinajstić information content (AvgIpc) is 3.71. The molecule has 2 amide bonds. The van der Waals surface area contributed by atoms with Crippen LogP contribution in [0.4, 0.5) is 4.79 Å². The summed E-state index contributed by atoms with van der Waals surface area (Å²) in [5, 5.41) is 2.05. The summed E-state index contributed by atoms with van der Waals surface area (Å²) in [6, 6.07) is 10.3. The third kappa shape index (κ3) is 7.15. The van der Waals surface area contributed by atoms with E-state index in [0.717, 1.165) is 45.8 Å². The molecule has 0 spiro atoms. The number of carbonyl (C=O) groups is 2. The Morgan fingerprint density at radius 2 is 1.89 bits per heavy atom. The molecular formula is C28H37BrN2O6. The van der Waals surface area contributed by atoms with Crippen LogP contribution < -0.4 is 4.74 Å². The Morgan fingerprint density at radius 3 is 2.57 bits per heavy atom. The fourth-order valence-corrected chi connectivity index (χ4v) is 5.00. The molecule has 1 saturated carbocycles. The van der Waals surface area contributed by atoms with Crippen LogP contribution in [0.1, 0.15) is 45.6 Å². The van der Waals surface area contributed by atoms with E-state index in [1.165, 1.54) is 0 Å². The highest BCUT2D eigenvalue weighted by Gasteiger charge is 2.39. The van der Waals surface area contributed by atoms with Gasteiger partial charge in [0.25, 0.3) is 5.91 Å². The highest BCUT2D eigenvalue weighted by Crippen LogP contribution is 2.38. The summed E-state index contributed by atoms with van der Waals surface area (Å²) < 4.78 is 23.6. The van der Waals surface area contributed by atoms with Gasteiger partial charge in [-0.3, -0.25) is 4.79 Å². The number of fused-ring (bicyclic) bond motifs is 1. The van der Waals surface area contributed by atoms with Crippen LogP contribution in [-0.4, -0.2) is 79.6 Å². The fourth-order valence-electron chi connectivity index (χ4n) is 4.41. The molecule has 1 heterocycles. The van der Waals surface area contributed by atoms with Gasteiger partial charge in [0.15, 0.2) is 6.10 Å². The lowest BCUT2D eigenvalue weighted by atomic mass is 10.0. The summed E-state index contributed by atoms with van der Waals surface area (Å²) in [6.07, 6.45) is 1.57. The summed E-state index contributed by atoms with van der Waals surface area (Å²) in [5.41, 5.74) is 0.376. The lowest BCUT2D eigenvalue weighted by Crippen LogP contribution is -2.53. The summed E-state index contributed by atoms with van der Waals surface area (Å²) in [5.74, 6) is 0.691. The van der Waals surface area contributed by atoms with E-state index in [0.29, 0.717) is 32.9 Å². The molecule has 0 unspecified atom stereocenters. The van der Waals surface area contributed by atoms with E-state index < -0.39 is 17.8 Å². The van der Waals surface area contributed by atoms with Crippen molar-refractivity contribution in [2.24, 2.45) is 0 Å². The zero-order chi connectivity index (χ0) is 26.6. The first-order valence-electron chi connectivity index (χ1n) is 12.9. The molecule has 2 aromatic carbocycles. The van der Waals surface area contributed by atoms with Gasteiger partial charge < -0.3 is 28.7 Å². The molecule has 1 aliphatic heterocycles. The number of hydrogen-bond acceptors (Lipinski definition) is 6. The molecule has 0 aromatic heterocycles. The van der Waals surface area contributed by atoms with Crippen molar-refractivity contribution in [1.82, 2.24) is 9.80 Å². The Balaban J connectivity index is 1.53. The van der Waals surface area contributed by atoms with Crippen LogP contribution >= 0.6 is 15.9 Å². The van der Waals surface area contributed by atoms with Gasteiger partial charge in [0.1, 0.15) is 11.4 Å². The Hall–Kier alpha value is -2.36. The maximum Gasteiger partial charge on any atom is 0.410 e. The van der Waals surface area contributed by atoms with E-state index in [1.807, 2.05) is 49.9 Å². The summed E-state index contributed by atoms with van der Waals surface area (Å²) in [7, 11) is 1.68. The van der Waals surface area contributed by atoms with E-state index >= 15 is 0 Å². The van der Waals surface area contributed by atoms with E-state index in [2.05, 4.69) is 22.0 Å². The van der Waals surface area contributed by atoms with E-state index in [4.69, 9.17) is 18.9 Å². The predicted molar refractivity (Wildman–Crippen MR) is 145 cm³/mol. The minimum absolute atomic E-state index is 0.0987. The topological polar surface area (TPSA) is 77.5 Å². The van der Waals surface area contributed by atoms with E-state index in [1.54, 1.807) is 12.0 Å². The molecule has 37 heavy (non-hydrogen) atoms. The molecule has 2 aromatic rings. The second kappa shape index (κ2) is 12.0. The normalized spacial score (nSPS) is 18.1. The van der Waals surface area contributed by atoms with Crippen molar-refractivity contribution in [2.75, 3.05) is 40.0 Å². The number of methoxy groups -OCH3 is 1. The van der Waals surface area contributed by atoms with Crippen LogP contribution in [0, 0.1) is 0 Å². The summed E-state index contributed by atoms with van der Waals surface area (Å²) in [4.78, 5) is 29.8. The highest BCUT2D eigenvalue weighted by atomic mass is 79.9. The highest BCUT2D eigenvalue weighted by molar-refractivity contribution is 9.10. The average molecular weight is 578 g/mol. The van der Waals surface area contributed by atoms with Gasteiger partial charge in [0.05, 0.1) is 19.8 Å². The van der Waals surface area contributed by atoms with Crippen molar-refractivity contribution < 1.29 is 28.5 Å². The van der Waals surface area contributed by atoms with Gasteiger partial charge in [-0.1, -0.05) is 24.3 Å². The molecular weight excluding hydrogens is 540 g/mol. The van der Waals surface area contributed by atoms with Gasteiger partial charge in [0, 0.05) is 49.1 Å². The number of benzene rings is 2. The van der Waals surface area contributed by atoms with Crippen LogP contribution in [0.2, 0.25) is 0 Å². The molecule has 0 radical (unpaired) electrons. The number of ether oxygens (including phenoxy) is 4. The number of halogens is 1. The largest absolute Gasteiger partial charge is 0.493 e. The minimum Gasteiger partial charge on any atom is -0.493 e. The Morgan fingerprint density at radius 1 is 1.16 bits per heavy atom. The Labute approximate surface area is 227 Å². The molecule has 0 N–H and O–H groups in total. The number of amides is 2. The Bertz CT molecular complexity index is 1110. The molecule has 9 heteroatoms. The van der Waals surface area contributed by atoms with Crippen LogP contribution in [0.25, 0.3) is 10.8 Å². The van der Waals surface area contributed by atoms with Gasteiger partial charge >= 0.3 is 6.09 Å². The third-order valence-electron chi connectivity index (χ3n) is 6.37. The number of carbonyl (C=O) groups excluding carboxylic acids is 2. The quantitative estimate of drug-likeness (QED) is 0.384. The van der Waals surface area contributed by atoms with Crippen LogP contribution in [-0.2, 0) is 25.5 Å². The first-order chi connectivity index (χ1) is 17.7. The van der Waals surface area contributed by atoms with E-state index in [-0.39, 0.29) is 18.5 Å². The van der Waals surface area contributed by atoms with Crippen molar-refractivity contribution in [1.29, 1.82) is 0 Å². The van der Waals surface area contributed by atoms with Crippen molar-refractivity contribution in [3.63, 3.8) is 0 Å². The van der Waals surface area contributed by atoms with E-state index in [9.17, 15) is 9.59 Å². The smallest absolute Gasteiger partial charge is 0.410 e. The maximum absolute atomic E-state index is 13.7. The molecule has 2 fully saturated rings. The molecule has 1 atom stereocenters. The zero-order valence-electron chi connectivity index (χ0n) is 22.1. The monoisotopic (exact) mass is 576 g/mol. The number of hydrogen-bond donors (Lipinski definition) is 0. The Kier molecular flexibility index (Phi) is 8.98. The molecule has 1 saturated heterocycles. The standard InChI is InChI=1S/C28H37BrN2O6/c1-28(2,3)37-27(33)30-12-15-36-24(18-30)26(32)31(20-10-11-20)17-19-16-23(35-14-7-13-34-4)21-8-5-6-9-22(21)25(19)29/h5-6,8-9,16,20,24H,7,10-15,17-18H2,1-4H3/t24-/m1/s1. The second-order valence-electron chi connectivity index (χ2n) is 10.6. The van der Waals surface area contributed by atoms with Gasteiger partial charge in [-0.05, 0) is 66.6 Å². The second-order valence-corrected chi connectivity index (χ2v) is 11.4. The number of nitrogens with zero attached hydrogens (tertiary/aromatic N) is 2. The number of rotatable bonds is 9. The molecule has 4 rings (SSSR count). The van der Waals surface area contributed by atoms with Crippen molar-refractivity contribution in [2.45, 2.75) is 64.3 Å². The summed E-state index contributed by atoms with van der Waals surface area (Å²) >= 11 is 3.79. The maximum atomic E-state index is 13.7. The first kappa shape index (κ1) is 27.7. The molecule has 8 nitrogen and oxygen atoms in total. The van der Waals surface area contributed by atoms with Gasteiger partial charge in [-0.15, -0.1) is 0 Å². The zero-order valence-corrected chi connectivity index (χ0v) is 23.7. The van der Waals surface area contributed by atoms with Crippen LogP contribution in [0.15, 0.2) is 34.8 Å². The van der Waals surface area contributed by atoms with Crippen molar-refractivity contribution >= 4 is 38.7 Å². The first-order valence-corrected chi connectivity index (χ1v) is 13.7. The molecule has 2 aliphatic rings. The summed E-state index contributed by atoms with van der Waals surface area (Å²) in [6.45, 7) is 7.99.